The van der Waals surface area contributed by atoms with Crippen molar-refractivity contribution in [1.82, 2.24) is 14.8 Å². The Labute approximate surface area is 173 Å². The van der Waals surface area contributed by atoms with Gasteiger partial charge in [-0.2, -0.15) is 5.26 Å². The minimum absolute atomic E-state index is 0.176. The Morgan fingerprint density at radius 3 is 2.72 bits per heavy atom. The molecule has 3 heterocycles. The highest BCUT2D eigenvalue weighted by atomic mass is 16.5. The van der Waals surface area contributed by atoms with Crippen molar-refractivity contribution < 1.29 is 4.74 Å². The zero-order valence-corrected chi connectivity index (χ0v) is 17.7. The highest BCUT2D eigenvalue weighted by Gasteiger charge is 2.30. The Balaban J connectivity index is 1.49. The number of benzene rings is 1. The number of piperidine rings is 1. The summed E-state index contributed by atoms with van der Waals surface area (Å²) in [5, 5.41) is 10.5. The smallest absolute Gasteiger partial charge is 0.101 e. The number of rotatable bonds is 4. The van der Waals surface area contributed by atoms with Gasteiger partial charge in [-0.1, -0.05) is 0 Å². The van der Waals surface area contributed by atoms with Crippen molar-refractivity contribution in [2.45, 2.75) is 38.0 Å². The van der Waals surface area contributed by atoms with Crippen LogP contribution in [0.4, 0.5) is 5.69 Å². The fourth-order valence-corrected chi connectivity index (χ4v) is 4.77. The summed E-state index contributed by atoms with van der Waals surface area (Å²) in [6.07, 6.45) is 4.58. The van der Waals surface area contributed by atoms with Crippen LogP contribution in [-0.2, 0) is 4.74 Å². The molecular weight excluding hydrogens is 362 g/mol. The van der Waals surface area contributed by atoms with Crippen molar-refractivity contribution in [2.24, 2.45) is 0 Å². The maximum absolute atomic E-state index is 9.42. The second-order valence-electron chi connectivity index (χ2n) is 8.61. The van der Waals surface area contributed by atoms with Crippen molar-refractivity contribution in [3.63, 3.8) is 0 Å². The van der Waals surface area contributed by atoms with Gasteiger partial charge in [0.1, 0.15) is 6.07 Å². The average Bonchev–Trinajstić information content (AvgIpc) is 2.73. The van der Waals surface area contributed by atoms with Crippen LogP contribution in [0.5, 0.6) is 0 Å². The second kappa shape index (κ2) is 8.66. The van der Waals surface area contributed by atoms with Gasteiger partial charge in [0.15, 0.2) is 0 Å². The van der Waals surface area contributed by atoms with Crippen LogP contribution in [0.25, 0.3) is 10.9 Å². The number of likely N-dealkylation sites (tertiary alicyclic amines) is 1. The van der Waals surface area contributed by atoms with Crippen LogP contribution in [0.15, 0.2) is 30.5 Å². The molecule has 2 atom stereocenters. The van der Waals surface area contributed by atoms with Crippen LogP contribution in [0.3, 0.4) is 0 Å². The lowest BCUT2D eigenvalue weighted by Gasteiger charge is -2.42. The summed E-state index contributed by atoms with van der Waals surface area (Å²) >= 11 is 0. The molecule has 0 bridgehead atoms. The number of aromatic nitrogens is 1. The van der Waals surface area contributed by atoms with Gasteiger partial charge in [0.2, 0.25) is 0 Å². The van der Waals surface area contributed by atoms with Gasteiger partial charge >= 0.3 is 0 Å². The molecule has 29 heavy (non-hydrogen) atoms. The highest BCUT2D eigenvalue weighted by Crippen LogP contribution is 2.30. The maximum Gasteiger partial charge on any atom is 0.101 e. The molecule has 0 radical (unpaired) electrons. The normalized spacial score (nSPS) is 24.2. The Bertz CT molecular complexity index is 884. The topological polar surface area (TPSA) is 55.6 Å². The summed E-state index contributed by atoms with van der Waals surface area (Å²) in [6.45, 7) is 7.14. The first kappa shape index (κ1) is 20.1. The zero-order valence-electron chi connectivity index (χ0n) is 17.7. The van der Waals surface area contributed by atoms with Gasteiger partial charge in [0.05, 0.1) is 23.3 Å². The molecule has 2 aromatic rings. The van der Waals surface area contributed by atoms with E-state index in [1.54, 1.807) is 6.20 Å². The number of morpholine rings is 1. The monoisotopic (exact) mass is 393 g/mol. The van der Waals surface area contributed by atoms with Crippen molar-refractivity contribution in [1.29, 1.82) is 5.26 Å². The lowest BCUT2D eigenvalue weighted by atomic mass is 10.0. The van der Waals surface area contributed by atoms with Gasteiger partial charge in [0.25, 0.3) is 0 Å². The second-order valence-corrected chi connectivity index (χ2v) is 8.61. The quantitative estimate of drug-likeness (QED) is 0.796. The molecule has 0 spiro atoms. The zero-order chi connectivity index (χ0) is 20.4. The molecule has 0 saturated carbocycles. The number of hydrogen-bond donors (Lipinski definition) is 0. The fourth-order valence-electron chi connectivity index (χ4n) is 4.77. The average molecular weight is 394 g/mol. The van der Waals surface area contributed by atoms with Gasteiger partial charge in [-0.3, -0.25) is 4.98 Å². The molecule has 2 aliphatic heterocycles. The number of ether oxygens (including phenoxy) is 1. The first-order valence-corrected chi connectivity index (χ1v) is 10.6. The predicted octanol–water partition coefficient (Wildman–Crippen LogP) is 2.73. The third kappa shape index (κ3) is 4.37. The van der Waals surface area contributed by atoms with Gasteiger partial charge in [-0.25, -0.2) is 0 Å². The summed E-state index contributed by atoms with van der Waals surface area (Å²) in [5.41, 5.74) is 2.57. The summed E-state index contributed by atoms with van der Waals surface area (Å²) in [7, 11) is 4.36. The third-order valence-corrected chi connectivity index (χ3v) is 6.28. The van der Waals surface area contributed by atoms with Crippen LogP contribution in [-0.4, -0.2) is 79.9 Å². The molecule has 1 aromatic heterocycles. The molecule has 4 rings (SSSR count). The Morgan fingerprint density at radius 2 is 2.00 bits per heavy atom. The molecule has 0 amide bonds. The van der Waals surface area contributed by atoms with E-state index in [9.17, 15) is 5.26 Å². The van der Waals surface area contributed by atoms with Gasteiger partial charge < -0.3 is 19.4 Å². The summed E-state index contributed by atoms with van der Waals surface area (Å²) in [4.78, 5) is 11.8. The number of nitriles is 1. The van der Waals surface area contributed by atoms with E-state index < -0.39 is 0 Å². The van der Waals surface area contributed by atoms with Gasteiger partial charge in [-0.05, 0) is 71.2 Å². The van der Waals surface area contributed by atoms with Crippen molar-refractivity contribution >= 4 is 16.6 Å². The minimum Gasteiger partial charge on any atom is -0.370 e. The van der Waals surface area contributed by atoms with Crippen LogP contribution in [0, 0.1) is 11.3 Å². The van der Waals surface area contributed by atoms with E-state index >= 15 is 0 Å². The molecular formula is C23H31N5O. The van der Waals surface area contributed by atoms with E-state index in [1.165, 1.54) is 12.8 Å². The van der Waals surface area contributed by atoms with Crippen LogP contribution < -0.4 is 4.90 Å². The van der Waals surface area contributed by atoms with Crippen molar-refractivity contribution in [2.75, 3.05) is 51.7 Å². The van der Waals surface area contributed by atoms with Crippen molar-refractivity contribution in [3.8, 4) is 6.07 Å². The minimum atomic E-state index is 0.176. The number of anilines is 1. The van der Waals surface area contributed by atoms with Crippen LogP contribution >= 0.6 is 0 Å². The SMILES string of the molecule is C[C@@H]1CN(c2ccc(C#N)c3ncccc23)C[C@H](CN2CCC(N(C)C)CC2)O1. The Morgan fingerprint density at radius 1 is 1.21 bits per heavy atom. The Kier molecular flexibility index (Phi) is 6.00. The molecule has 6 heteroatoms. The molecule has 2 aliphatic rings. The molecule has 154 valence electrons. The molecule has 2 saturated heterocycles. The van der Waals surface area contributed by atoms with E-state index in [1.807, 2.05) is 12.1 Å². The fraction of sp³-hybridized carbons (Fsp3) is 0.565. The molecule has 1 aromatic carbocycles. The van der Waals surface area contributed by atoms with E-state index in [4.69, 9.17) is 4.74 Å². The standard InChI is InChI=1S/C23H31N5O/c1-17-14-28(22-7-6-18(13-24)23-21(22)5-4-10-25-23)16-20(29-17)15-27-11-8-19(9-12-27)26(2)3/h4-7,10,17,19-20H,8-9,11-12,14-16H2,1-3H3/t17-,20+/m1/s1. The molecule has 0 aliphatic carbocycles. The van der Waals surface area contributed by atoms with E-state index in [-0.39, 0.29) is 12.2 Å². The number of fused-ring (bicyclic) bond motifs is 1. The third-order valence-electron chi connectivity index (χ3n) is 6.28. The van der Waals surface area contributed by atoms with E-state index in [2.05, 4.69) is 58.9 Å². The summed E-state index contributed by atoms with van der Waals surface area (Å²) < 4.78 is 6.31. The number of pyridine rings is 1. The first-order valence-electron chi connectivity index (χ1n) is 10.6. The summed E-state index contributed by atoms with van der Waals surface area (Å²) in [6, 6.07) is 10.9. The lowest BCUT2D eigenvalue weighted by Crippen LogP contribution is -2.52. The largest absolute Gasteiger partial charge is 0.370 e. The van der Waals surface area contributed by atoms with E-state index in [0.717, 1.165) is 49.3 Å². The summed E-state index contributed by atoms with van der Waals surface area (Å²) in [5.74, 6) is 0. The van der Waals surface area contributed by atoms with Gasteiger partial charge in [0, 0.05) is 42.9 Å². The molecule has 0 N–H and O–H groups in total. The number of nitrogens with zero attached hydrogens (tertiary/aromatic N) is 5. The maximum atomic E-state index is 9.42. The van der Waals surface area contributed by atoms with Crippen LogP contribution in [0.2, 0.25) is 0 Å². The molecule has 0 unspecified atom stereocenters. The van der Waals surface area contributed by atoms with Crippen LogP contribution in [0.1, 0.15) is 25.3 Å². The number of hydrogen-bond acceptors (Lipinski definition) is 6. The lowest BCUT2D eigenvalue weighted by molar-refractivity contribution is -0.0367. The van der Waals surface area contributed by atoms with E-state index in [0.29, 0.717) is 11.6 Å². The highest BCUT2D eigenvalue weighted by molar-refractivity contribution is 5.95. The Hall–Kier alpha value is -2.20. The molecule has 6 nitrogen and oxygen atoms in total. The molecule has 2 fully saturated rings. The predicted molar refractivity (Wildman–Crippen MR) is 116 cm³/mol. The first-order chi connectivity index (χ1) is 14.0. The van der Waals surface area contributed by atoms with Crippen molar-refractivity contribution in [3.05, 3.63) is 36.0 Å². The van der Waals surface area contributed by atoms with Gasteiger partial charge in [-0.15, -0.1) is 0 Å².